The Kier molecular flexibility index (Phi) is 4.64. The van der Waals surface area contributed by atoms with Crippen LogP contribution in [0.3, 0.4) is 0 Å². The van der Waals surface area contributed by atoms with E-state index in [1.807, 2.05) is 24.3 Å². The summed E-state index contributed by atoms with van der Waals surface area (Å²) in [5, 5.41) is 14.6. The van der Waals surface area contributed by atoms with E-state index in [4.69, 9.17) is 0 Å². The van der Waals surface area contributed by atoms with Gasteiger partial charge in [-0.3, -0.25) is 14.9 Å². The number of nitrogens with one attached hydrogen (secondary N) is 1. The Bertz CT molecular complexity index is 975. The van der Waals surface area contributed by atoms with Crippen molar-refractivity contribution in [3.63, 3.8) is 0 Å². The molecule has 4 rings (SSSR count). The van der Waals surface area contributed by atoms with Gasteiger partial charge in [-0.2, -0.15) is 0 Å². The molecule has 2 aromatic carbocycles. The number of rotatable bonds is 5. The van der Waals surface area contributed by atoms with E-state index >= 15 is 0 Å². The highest BCUT2D eigenvalue weighted by Gasteiger charge is 2.15. The van der Waals surface area contributed by atoms with Gasteiger partial charge in [-0.15, -0.1) is 0 Å². The number of amides is 1. The number of fused-ring (bicyclic) bond motifs is 1. The van der Waals surface area contributed by atoms with Gasteiger partial charge in [0.2, 0.25) is 5.91 Å². The van der Waals surface area contributed by atoms with E-state index < -0.39 is 4.92 Å². The first kappa shape index (κ1) is 17.3. The number of aromatic nitrogens is 2. The first-order chi connectivity index (χ1) is 13.1. The van der Waals surface area contributed by atoms with Crippen LogP contribution in [0.1, 0.15) is 5.56 Å². The van der Waals surface area contributed by atoms with Crippen molar-refractivity contribution in [3.05, 3.63) is 70.4 Å². The lowest BCUT2D eigenvalue weighted by molar-refractivity contribution is -0.384. The topological polar surface area (TPSA) is 90.1 Å². The van der Waals surface area contributed by atoms with Crippen molar-refractivity contribution in [2.45, 2.75) is 18.1 Å². The number of hydrogen-bond acceptors (Lipinski definition) is 5. The SMILES string of the molecule is O=C(Cc1ccc([N+](=O)[O-])cc1)Nc1ccc(-c2cn3c(n2)SCC3)cc1. The van der Waals surface area contributed by atoms with Crippen molar-refractivity contribution in [2.24, 2.45) is 0 Å². The fourth-order valence-corrected chi connectivity index (χ4v) is 3.84. The largest absolute Gasteiger partial charge is 0.326 e. The molecule has 0 bridgehead atoms. The van der Waals surface area contributed by atoms with Gasteiger partial charge in [0, 0.05) is 41.9 Å². The van der Waals surface area contributed by atoms with Crippen molar-refractivity contribution < 1.29 is 9.72 Å². The van der Waals surface area contributed by atoms with Crippen molar-refractivity contribution in [3.8, 4) is 11.3 Å². The number of nitrogens with zero attached hydrogens (tertiary/aromatic N) is 3. The number of anilines is 1. The first-order valence-electron chi connectivity index (χ1n) is 8.42. The summed E-state index contributed by atoms with van der Waals surface area (Å²) in [6.07, 6.45) is 2.21. The molecule has 1 aliphatic heterocycles. The van der Waals surface area contributed by atoms with Crippen LogP contribution in [-0.4, -0.2) is 26.1 Å². The Morgan fingerprint density at radius 2 is 1.93 bits per heavy atom. The van der Waals surface area contributed by atoms with Crippen molar-refractivity contribution >= 4 is 29.0 Å². The third-order valence-corrected chi connectivity index (χ3v) is 5.25. The molecule has 0 saturated heterocycles. The zero-order valence-corrected chi connectivity index (χ0v) is 15.1. The van der Waals surface area contributed by atoms with Crippen molar-refractivity contribution in [2.75, 3.05) is 11.1 Å². The smallest absolute Gasteiger partial charge is 0.269 e. The van der Waals surface area contributed by atoms with Crippen molar-refractivity contribution in [1.29, 1.82) is 0 Å². The number of nitro groups is 1. The highest BCUT2D eigenvalue weighted by atomic mass is 32.2. The van der Waals surface area contributed by atoms with Gasteiger partial charge >= 0.3 is 0 Å². The summed E-state index contributed by atoms with van der Waals surface area (Å²) in [6, 6.07) is 13.6. The van der Waals surface area contributed by atoms with Crippen LogP contribution >= 0.6 is 11.8 Å². The quantitative estimate of drug-likeness (QED) is 0.538. The molecule has 1 N–H and O–H groups in total. The Labute approximate surface area is 159 Å². The number of aryl methyl sites for hydroxylation is 1. The molecule has 0 radical (unpaired) electrons. The van der Waals surface area contributed by atoms with Crippen LogP contribution in [-0.2, 0) is 17.8 Å². The second-order valence-electron chi connectivity index (χ2n) is 6.18. The maximum absolute atomic E-state index is 12.2. The molecule has 3 aromatic rings. The maximum atomic E-state index is 12.2. The summed E-state index contributed by atoms with van der Waals surface area (Å²) in [4.78, 5) is 27.0. The first-order valence-corrected chi connectivity index (χ1v) is 9.41. The molecule has 0 spiro atoms. The Morgan fingerprint density at radius 3 is 2.59 bits per heavy atom. The number of benzene rings is 2. The van der Waals surface area contributed by atoms with Gasteiger partial charge in [0.1, 0.15) is 0 Å². The molecule has 2 heterocycles. The lowest BCUT2D eigenvalue weighted by atomic mass is 10.1. The van der Waals surface area contributed by atoms with Gasteiger partial charge in [-0.1, -0.05) is 36.0 Å². The van der Waals surface area contributed by atoms with Crippen LogP contribution in [0.15, 0.2) is 59.9 Å². The second-order valence-corrected chi connectivity index (χ2v) is 7.24. The number of carbonyl (C=O) groups is 1. The number of thioether (sulfide) groups is 1. The molecule has 8 heteroatoms. The second kappa shape index (κ2) is 7.24. The average Bonchev–Trinajstić information content (AvgIpc) is 3.25. The van der Waals surface area contributed by atoms with E-state index in [0.717, 1.165) is 34.3 Å². The van der Waals surface area contributed by atoms with Gasteiger partial charge in [-0.25, -0.2) is 4.98 Å². The number of imidazole rings is 1. The third kappa shape index (κ3) is 3.85. The fourth-order valence-electron chi connectivity index (χ4n) is 2.90. The van der Waals surface area contributed by atoms with Gasteiger partial charge in [-0.05, 0) is 17.7 Å². The van der Waals surface area contributed by atoms with Gasteiger partial charge in [0.05, 0.1) is 17.0 Å². The lowest BCUT2D eigenvalue weighted by Crippen LogP contribution is -2.14. The van der Waals surface area contributed by atoms with E-state index in [9.17, 15) is 14.9 Å². The molecular weight excluding hydrogens is 364 g/mol. The summed E-state index contributed by atoms with van der Waals surface area (Å²) in [5.41, 5.74) is 3.37. The van der Waals surface area contributed by atoms with E-state index in [1.165, 1.54) is 12.1 Å². The summed E-state index contributed by atoms with van der Waals surface area (Å²) in [7, 11) is 0. The lowest BCUT2D eigenvalue weighted by Gasteiger charge is -2.06. The van der Waals surface area contributed by atoms with E-state index in [1.54, 1.807) is 23.9 Å². The fraction of sp³-hybridized carbons (Fsp3) is 0.158. The van der Waals surface area contributed by atoms with Crippen LogP contribution in [0, 0.1) is 10.1 Å². The molecule has 0 unspecified atom stereocenters. The number of nitro benzene ring substituents is 1. The Balaban J connectivity index is 1.38. The molecule has 1 amide bonds. The summed E-state index contributed by atoms with van der Waals surface area (Å²) in [6.45, 7) is 0.990. The van der Waals surface area contributed by atoms with Gasteiger partial charge < -0.3 is 9.88 Å². The molecule has 27 heavy (non-hydrogen) atoms. The summed E-state index contributed by atoms with van der Waals surface area (Å²) >= 11 is 1.76. The zero-order chi connectivity index (χ0) is 18.8. The van der Waals surface area contributed by atoms with E-state index in [2.05, 4.69) is 21.1 Å². The van der Waals surface area contributed by atoms with Crippen LogP contribution in [0.4, 0.5) is 11.4 Å². The van der Waals surface area contributed by atoms with E-state index in [0.29, 0.717) is 5.69 Å². The van der Waals surface area contributed by atoms with Gasteiger partial charge in [0.25, 0.3) is 5.69 Å². The number of carbonyl (C=O) groups excluding carboxylic acids is 1. The molecule has 1 aliphatic rings. The molecular formula is C19H16N4O3S. The molecule has 0 atom stereocenters. The van der Waals surface area contributed by atoms with Gasteiger partial charge in [0.15, 0.2) is 5.16 Å². The Morgan fingerprint density at radius 1 is 1.19 bits per heavy atom. The van der Waals surface area contributed by atoms with E-state index in [-0.39, 0.29) is 18.0 Å². The standard InChI is InChI=1S/C19H16N4O3S/c24-18(11-13-1-7-16(8-2-13)23(25)26)20-15-5-3-14(4-6-15)17-12-22-9-10-27-19(22)21-17/h1-8,12H,9-11H2,(H,20,24). The minimum Gasteiger partial charge on any atom is -0.326 e. The highest BCUT2D eigenvalue weighted by molar-refractivity contribution is 7.99. The zero-order valence-electron chi connectivity index (χ0n) is 14.3. The average molecular weight is 380 g/mol. The molecule has 136 valence electrons. The predicted molar refractivity (Wildman–Crippen MR) is 104 cm³/mol. The molecule has 0 saturated carbocycles. The summed E-state index contributed by atoms with van der Waals surface area (Å²) in [5.74, 6) is 0.900. The number of non-ortho nitro benzene ring substituents is 1. The third-order valence-electron chi connectivity index (χ3n) is 4.28. The molecule has 7 nitrogen and oxygen atoms in total. The van der Waals surface area contributed by atoms with Crippen molar-refractivity contribution in [1.82, 2.24) is 9.55 Å². The number of hydrogen-bond donors (Lipinski definition) is 1. The predicted octanol–water partition coefficient (Wildman–Crippen LogP) is 3.75. The normalized spacial score (nSPS) is 12.6. The van der Waals surface area contributed by atoms with Crippen LogP contribution in [0.25, 0.3) is 11.3 Å². The molecule has 1 aromatic heterocycles. The van der Waals surface area contributed by atoms with Crippen LogP contribution in [0.2, 0.25) is 0 Å². The minimum absolute atomic E-state index is 0.0124. The summed E-state index contributed by atoms with van der Waals surface area (Å²) < 4.78 is 2.15. The Hall–Kier alpha value is -3.13. The van der Waals surface area contributed by atoms with Crippen LogP contribution in [0.5, 0.6) is 0 Å². The van der Waals surface area contributed by atoms with Crippen LogP contribution < -0.4 is 5.32 Å². The maximum Gasteiger partial charge on any atom is 0.269 e. The minimum atomic E-state index is -0.459. The monoisotopic (exact) mass is 380 g/mol. The molecule has 0 aliphatic carbocycles. The molecule has 0 fully saturated rings. The highest BCUT2D eigenvalue weighted by Crippen LogP contribution is 2.29.